The maximum absolute atomic E-state index is 5.61. The highest BCUT2D eigenvalue weighted by molar-refractivity contribution is 5.20. The molecule has 13 heavy (non-hydrogen) atoms. The molecular formula is C11H16N2. The van der Waals surface area contributed by atoms with Gasteiger partial charge in [0.25, 0.3) is 0 Å². The summed E-state index contributed by atoms with van der Waals surface area (Å²) in [7, 11) is 0. The van der Waals surface area contributed by atoms with Crippen molar-refractivity contribution in [1.29, 1.82) is 0 Å². The average molecular weight is 176 g/mol. The highest BCUT2D eigenvalue weighted by Gasteiger charge is 2.22. The van der Waals surface area contributed by atoms with Crippen LogP contribution in [0.1, 0.15) is 24.4 Å². The van der Waals surface area contributed by atoms with Crippen molar-refractivity contribution in [1.82, 2.24) is 5.32 Å². The first-order chi connectivity index (χ1) is 6.40. The van der Waals surface area contributed by atoms with Crippen LogP contribution in [0.25, 0.3) is 0 Å². The molecule has 70 valence electrons. The Morgan fingerprint density at radius 2 is 2.00 bits per heavy atom. The molecule has 1 aliphatic rings. The summed E-state index contributed by atoms with van der Waals surface area (Å²) < 4.78 is 0. The van der Waals surface area contributed by atoms with Crippen LogP contribution in [0.3, 0.4) is 0 Å². The van der Waals surface area contributed by atoms with Gasteiger partial charge in [0, 0.05) is 18.6 Å². The van der Waals surface area contributed by atoms with E-state index in [4.69, 9.17) is 5.73 Å². The number of hydrogen-bond donors (Lipinski definition) is 2. The number of nitrogens with two attached hydrogens (primary N) is 1. The van der Waals surface area contributed by atoms with Gasteiger partial charge in [0.2, 0.25) is 0 Å². The van der Waals surface area contributed by atoms with Gasteiger partial charge in [0.1, 0.15) is 0 Å². The molecule has 2 unspecified atom stereocenters. The summed E-state index contributed by atoms with van der Waals surface area (Å²) in [5, 5.41) is 3.53. The molecule has 0 spiro atoms. The van der Waals surface area contributed by atoms with Crippen LogP contribution >= 0.6 is 0 Å². The van der Waals surface area contributed by atoms with Crippen LogP contribution < -0.4 is 11.1 Å². The molecule has 1 saturated heterocycles. The highest BCUT2D eigenvalue weighted by atomic mass is 15.0. The van der Waals surface area contributed by atoms with Gasteiger partial charge in [0.15, 0.2) is 0 Å². The van der Waals surface area contributed by atoms with E-state index in [2.05, 4.69) is 35.6 Å². The van der Waals surface area contributed by atoms with E-state index in [1.807, 2.05) is 0 Å². The largest absolute Gasteiger partial charge is 0.329 e. The number of nitrogens with one attached hydrogen (secondary N) is 1. The van der Waals surface area contributed by atoms with Crippen molar-refractivity contribution in [3.63, 3.8) is 0 Å². The highest BCUT2D eigenvalue weighted by Crippen LogP contribution is 2.25. The minimum Gasteiger partial charge on any atom is -0.329 e. The molecule has 0 bridgehead atoms. The van der Waals surface area contributed by atoms with Gasteiger partial charge in [-0.15, -0.1) is 0 Å². The van der Waals surface area contributed by atoms with E-state index >= 15 is 0 Å². The summed E-state index contributed by atoms with van der Waals surface area (Å²) in [6.45, 7) is 0.753. The topological polar surface area (TPSA) is 38.0 Å². The summed E-state index contributed by atoms with van der Waals surface area (Å²) in [6.07, 6.45) is 2.42. The zero-order valence-electron chi connectivity index (χ0n) is 7.74. The fourth-order valence-corrected chi connectivity index (χ4v) is 1.95. The Morgan fingerprint density at radius 1 is 1.23 bits per heavy atom. The summed E-state index contributed by atoms with van der Waals surface area (Å²) in [5.74, 6) is 0. The Bertz CT molecular complexity index is 258. The van der Waals surface area contributed by atoms with Crippen molar-refractivity contribution in [2.45, 2.75) is 24.9 Å². The van der Waals surface area contributed by atoms with E-state index in [9.17, 15) is 0 Å². The monoisotopic (exact) mass is 176 g/mol. The van der Waals surface area contributed by atoms with Crippen LogP contribution in [-0.4, -0.2) is 12.6 Å². The third kappa shape index (κ3) is 1.90. The molecule has 2 heteroatoms. The molecule has 1 aromatic carbocycles. The van der Waals surface area contributed by atoms with Crippen molar-refractivity contribution in [3.8, 4) is 0 Å². The number of benzene rings is 1. The van der Waals surface area contributed by atoms with Crippen LogP contribution in [0.5, 0.6) is 0 Å². The van der Waals surface area contributed by atoms with Gasteiger partial charge in [-0.25, -0.2) is 0 Å². The van der Waals surface area contributed by atoms with E-state index in [-0.39, 0.29) is 0 Å². The summed E-state index contributed by atoms with van der Waals surface area (Å²) in [4.78, 5) is 0. The van der Waals surface area contributed by atoms with Gasteiger partial charge >= 0.3 is 0 Å². The van der Waals surface area contributed by atoms with Crippen LogP contribution in [0.2, 0.25) is 0 Å². The third-order valence-electron chi connectivity index (χ3n) is 2.73. The van der Waals surface area contributed by atoms with Crippen molar-refractivity contribution in [2.24, 2.45) is 5.73 Å². The molecule has 3 N–H and O–H groups in total. The lowest BCUT2D eigenvalue weighted by Gasteiger charge is -2.12. The summed E-state index contributed by atoms with van der Waals surface area (Å²) in [6, 6.07) is 11.6. The quantitative estimate of drug-likeness (QED) is 0.715. The Morgan fingerprint density at radius 3 is 2.62 bits per heavy atom. The maximum Gasteiger partial charge on any atom is 0.0323 e. The molecule has 0 amide bonds. The molecule has 0 aliphatic carbocycles. The van der Waals surface area contributed by atoms with Crippen molar-refractivity contribution < 1.29 is 0 Å². The second kappa shape index (κ2) is 3.90. The second-order valence-corrected chi connectivity index (χ2v) is 3.64. The summed E-state index contributed by atoms with van der Waals surface area (Å²) in [5.41, 5.74) is 7.00. The lowest BCUT2D eigenvalue weighted by Crippen LogP contribution is -2.31. The lowest BCUT2D eigenvalue weighted by molar-refractivity contribution is 0.560. The molecule has 2 rings (SSSR count). The maximum atomic E-state index is 5.61. The van der Waals surface area contributed by atoms with Gasteiger partial charge in [-0.1, -0.05) is 30.3 Å². The first-order valence-electron chi connectivity index (χ1n) is 4.91. The Kier molecular flexibility index (Phi) is 2.62. The van der Waals surface area contributed by atoms with Crippen molar-refractivity contribution >= 4 is 0 Å². The molecule has 0 radical (unpaired) electrons. The first kappa shape index (κ1) is 8.73. The van der Waals surface area contributed by atoms with Crippen LogP contribution in [0, 0.1) is 0 Å². The zero-order chi connectivity index (χ0) is 9.10. The molecule has 0 aromatic heterocycles. The van der Waals surface area contributed by atoms with Crippen LogP contribution in [0.4, 0.5) is 0 Å². The molecular weight excluding hydrogens is 160 g/mol. The van der Waals surface area contributed by atoms with E-state index < -0.39 is 0 Å². The average Bonchev–Trinajstić information content (AvgIpc) is 2.67. The van der Waals surface area contributed by atoms with Crippen LogP contribution in [-0.2, 0) is 0 Å². The second-order valence-electron chi connectivity index (χ2n) is 3.64. The van der Waals surface area contributed by atoms with Crippen LogP contribution in [0.15, 0.2) is 30.3 Å². The number of hydrogen-bond acceptors (Lipinski definition) is 2. The summed E-state index contributed by atoms with van der Waals surface area (Å²) >= 11 is 0. The molecule has 1 aliphatic heterocycles. The molecule has 0 saturated carbocycles. The van der Waals surface area contributed by atoms with Gasteiger partial charge in [0.05, 0.1) is 0 Å². The van der Waals surface area contributed by atoms with E-state index in [0.29, 0.717) is 12.1 Å². The van der Waals surface area contributed by atoms with Crippen molar-refractivity contribution in [3.05, 3.63) is 35.9 Å². The minimum atomic E-state index is 0.519. The zero-order valence-corrected chi connectivity index (χ0v) is 7.74. The predicted molar refractivity (Wildman–Crippen MR) is 54.4 cm³/mol. The fourth-order valence-electron chi connectivity index (χ4n) is 1.95. The Labute approximate surface area is 79.1 Å². The SMILES string of the molecule is NCC1CCC(c2ccccc2)N1. The number of rotatable bonds is 2. The molecule has 1 fully saturated rings. The predicted octanol–water partition coefficient (Wildman–Crippen LogP) is 1.44. The smallest absolute Gasteiger partial charge is 0.0323 e. The Hall–Kier alpha value is -0.860. The lowest BCUT2D eigenvalue weighted by atomic mass is 10.1. The normalized spacial score (nSPS) is 27.8. The molecule has 2 atom stereocenters. The van der Waals surface area contributed by atoms with Gasteiger partial charge in [-0.3, -0.25) is 0 Å². The molecule has 2 nitrogen and oxygen atoms in total. The Balaban J connectivity index is 2.04. The van der Waals surface area contributed by atoms with E-state index in [1.165, 1.54) is 18.4 Å². The van der Waals surface area contributed by atoms with Gasteiger partial charge in [-0.2, -0.15) is 0 Å². The van der Waals surface area contributed by atoms with E-state index in [1.54, 1.807) is 0 Å². The molecule has 1 aromatic rings. The third-order valence-corrected chi connectivity index (χ3v) is 2.73. The van der Waals surface area contributed by atoms with Gasteiger partial charge in [-0.05, 0) is 18.4 Å². The van der Waals surface area contributed by atoms with E-state index in [0.717, 1.165) is 6.54 Å². The van der Waals surface area contributed by atoms with Gasteiger partial charge < -0.3 is 11.1 Å². The standard InChI is InChI=1S/C11H16N2/c12-8-10-6-7-11(13-10)9-4-2-1-3-5-9/h1-5,10-11,13H,6-8,12H2. The molecule has 1 heterocycles. The fraction of sp³-hybridized carbons (Fsp3) is 0.455. The first-order valence-corrected chi connectivity index (χ1v) is 4.91. The van der Waals surface area contributed by atoms with Crippen molar-refractivity contribution in [2.75, 3.05) is 6.54 Å². The minimum absolute atomic E-state index is 0.519.